The topological polar surface area (TPSA) is 99.0 Å². The van der Waals surface area contributed by atoms with Crippen LogP contribution in [-0.4, -0.2) is 32.8 Å². The van der Waals surface area contributed by atoms with Crippen LogP contribution in [0, 0.1) is 19.7 Å². The van der Waals surface area contributed by atoms with Crippen molar-refractivity contribution in [2.45, 2.75) is 20.0 Å². The molecule has 0 bridgehead atoms. The molecule has 186 valence electrons. The van der Waals surface area contributed by atoms with Crippen molar-refractivity contribution in [1.29, 1.82) is 0 Å². The Hall–Kier alpha value is -4.06. The van der Waals surface area contributed by atoms with Crippen LogP contribution < -0.4 is 15.5 Å². The first-order valence-electron chi connectivity index (χ1n) is 10.2. The van der Waals surface area contributed by atoms with Crippen molar-refractivity contribution >= 4 is 34.2 Å². The first-order chi connectivity index (χ1) is 16.9. The van der Waals surface area contributed by atoms with E-state index in [0.29, 0.717) is 17.3 Å². The molecule has 3 aromatic heterocycles. The fourth-order valence-corrected chi connectivity index (χ4v) is 3.49. The monoisotopic (exact) mass is 521 g/mol. The molecule has 0 saturated carbocycles. The van der Waals surface area contributed by atoms with E-state index in [0.717, 1.165) is 23.9 Å². The number of pyridine rings is 2. The number of nitrogens with one attached hydrogen (secondary N) is 1. The molecule has 0 saturated heterocycles. The normalized spacial score (nSPS) is 11.6. The molecular weight excluding hydrogens is 506 g/mol. The zero-order valence-electron chi connectivity index (χ0n) is 18.9. The molecular formula is C23H16ClF4N5O3. The zero-order chi connectivity index (χ0) is 26.4. The van der Waals surface area contributed by atoms with E-state index in [2.05, 4.69) is 20.4 Å². The number of nitrogens with zero attached hydrogens (tertiary/aromatic N) is 4. The lowest BCUT2D eigenvalue weighted by molar-refractivity contribution is -0.141. The number of alkyl halides is 3. The fraction of sp³-hybridized carbons (Fsp3) is 0.174. The van der Waals surface area contributed by atoms with Crippen LogP contribution in [0.15, 0.2) is 41.2 Å². The quantitative estimate of drug-likeness (QED) is 0.385. The van der Waals surface area contributed by atoms with Crippen molar-refractivity contribution in [1.82, 2.24) is 19.7 Å². The molecule has 3 heterocycles. The number of carbonyl (C=O) groups is 1. The van der Waals surface area contributed by atoms with E-state index in [1.54, 1.807) is 19.9 Å². The van der Waals surface area contributed by atoms with Crippen molar-refractivity contribution in [3.8, 4) is 11.6 Å². The Morgan fingerprint density at radius 2 is 1.83 bits per heavy atom. The van der Waals surface area contributed by atoms with Crippen LogP contribution in [0.5, 0.6) is 5.88 Å². The predicted octanol–water partition coefficient (Wildman–Crippen LogP) is 4.86. The minimum absolute atomic E-state index is 0.108. The van der Waals surface area contributed by atoms with Gasteiger partial charge in [-0.05, 0) is 49.7 Å². The third-order valence-electron chi connectivity index (χ3n) is 5.22. The van der Waals surface area contributed by atoms with Gasteiger partial charge in [0.1, 0.15) is 17.0 Å². The summed E-state index contributed by atoms with van der Waals surface area (Å²) in [5.41, 5.74) is -2.34. The molecule has 0 radical (unpaired) electrons. The Morgan fingerprint density at radius 1 is 1.11 bits per heavy atom. The number of halogens is 5. The standard InChI is InChI=1S/C23H16ClF4N5O3/c1-10-6-16-19(29-11(10)2)21(34)20(32-33(16)15-5-4-12(24)7-14(15)25)22(35)30-13-8-17(23(26,27)28)31-18(9-13)36-3/h4-9H,1-3H3,(H,30,31,35). The highest BCUT2D eigenvalue weighted by Gasteiger charge is 2.34. The van der Waals surface area contributed by atoms with Crippen molar-refractivity contribution in [2.75, 3.05) is 12.4 Å². The van der Waals surface area contributed by atoms with Gasteiger partial charge in [-0.15, -0.1) is 0 Å². The third-order valence-corrected chi connectivity index (χ3v) is 5.45. The molecule has 1 N–H and O–H groups in total. The highest BCUT2D eigenvalue weighted by Crippen LogP contribution is 2.31. The fourth-order valence-electron chi connectivity index (χ4n) is 3.33. The maximum absolute atomic E-state index is 14.8. The van der Waals surface area contributed by atoms with Crippen molar-refractivity contribution in [2.24, 2.45) is 0 Å². The van der Waals surface area contributed by atoms with Crippen LogP contribution in [0.3, 0.4) is 0 Å². The Bertz CT molecular complexity index is 1590. The van der Waals surface area contributed by atoms with E-state index < -0.39 is 40.6 Å². The molecule has 0 fully saturated rings. The Labute approximate surface area is 205 Å². The average Bonchev–Trinajstić information content (AvgIpc) is 2.80. The summed E-state index contributed by atoms with van der Waals surface area (Å²) in [4.78, 5) is 33.8. The van der Waals surface area contributed by atoms with Gasteiger partial charge in [-0.25, -0.2) is 19.0 Å². The van der Waals surface area contributed by atoms with Gasteiger partial charge in [0.15, 0.2) is 11.4 Å². The molecule has 0 aliphatic heterocycles. The van der Waals surface area contributed by atoms with Gasteiger partial charge in [0.2, 0.25) is 11.3 Å². The number of aromatic nitrogens is 4. The van der Waals surface area contributed by atoms with Crippen LogP contribution >= 0.6 is 11.6 Å². The SMILES string of the molecule is COc1cc(NC(=O)c2nn(-c3ccc(Cl)cc3F)c3cc(C)c(C)nc3c2=O)cc(C(F)(F)F)n1. The van der Waals surface area contributed by atoms with Crippen molar-refractivity contribution < 1.29 is 27.1 Å². The molecule has 8 nitrogen and oxygen atoms in total. The summed E-state index contributed by atoms with van der Waals surface area (Å²) in [6.07, 6.45) is -4.83. The van der Waals surface area contributed by atoms with Gasteiger partial charge in [-0.3, -0.25) is 9.59 Å². The van der Waals surface area contributed by atoms with Crippen LogP contribution in [0.4, 0.5) is 23.2 Å². The van der Waals surface area contributed by atoms with E-state index in [4.69, 9.17) is 16.3 Å². The number of fused-ring (bicyclic) bond motifs is 1. The molecule has 1 aromatic carbocycles. The first kappa shape index (κ1) is 25.0. The highest BCUT2D eigenvalue weighted by atomic mass is 35.5. The number of carbonyl (C=O) groups excluding carboxylic acids is 1. The number of amides is 1. The molecule has 4 rings (SSSR count). The second kappa shape index (κ2) is 9.19. The summed E-state index contributed by atoms with van der Waals surface area (Å²) in [7, 11) is 1.11. The van der Waals surface area contributed by atoms with Crippen molar-refractivity contribution in [3.63, 3.8) is 0 Å². The largest absolute Gasteiger partial charge is 0.481 e. The van der Waals surface area contributed by atoms with E-state index in [1.165, 1.54) is 12.1 Å². The Balaban J connectivity index is 1.91. The second-order valence-electron chi connectivity index (χ2n) is 7.68. The number of hydrogen-bond acceptors (Lipinski definition) is 6. The number of aryl methyl sites for hydroxylation is 2. The average molecular weight is 522 g/mol. The molecule has 0 spiro atoms. The molecule has 0 aliphatic carbocycles. The van der Waals surface area contributed by atoms with Gasteiger partial charge in [0, 0.05) is 22.5 Å². The van der Waals surface area contributed by atoms with Gasteiger partial charge in [-0.1, -0.05) is 11.6 Å². The highest BCUT2D eigenvalue weighted by molar-refractivity contribution is 6.30. The first-order valence-corrected chi connectivity index (χ1v) is 10.6. The van der Waals surface area contributed by atoms with E-state index in [-0.39, 0.29) is 27.4 Å². The van der Waals surface area contributed by atoms with Crippen LogP contribution in [-0.2, 0) is 6.18 Å². The van der Waals surface area contributed by atoms with Crippen molar-refractivity contribution in [3.05, 3.63) is 80.1 Å². The summed E-state index contributed by atoms with van der Waals surface area (Å²) in [5.74, 6) is -2.36. The minimum Gasteiger partial charge on any atom is -0.481 e. The van der Waals surface area contributed by atoms with Gasteiger partial charge in [0.05, 0.1) is 12.6 Å². The van der Waals surface area contributed by atoms with Gasteiger partial charge >= 0.3 is 6.18 Å². The van der Waals surface area contributed by atoms with E-state index in [9.17, 15) is 27.2 Å². The number of hydrogen-bond donors (Lipinski definition) is 1. The van der Waals surface area contributed by atoms with E-state index >= 15 is 0 Å². The molecule has 13 heteroatoms. The molecule has 0 atom stereocenters. The number of benzene rings is 1. The summed E-state index contributed by atoms with van der Waals surface area (Å²) >= 11 is 5.84. The number of anilines is 1. The van der Waals surface area contributed by atoms with Crippen LogP contribution in [0.1, 0.15) is 27.4 Å². The Kier molecular flexibility index (Phi) is 6.39. The smallest absolute Gasteiger partial charge is 0.433 e. The van der Waals surface area contributed by atoms with E-state index in [1.807, 2.05) is 0 Å². The van der Waals surface area contributed by atoms with Gasteiger partial charge in [0.25, 0.3) is 5.91 Å². The lowest BCUT2D eigenvalue weighted by Crippen LogP contribution is -2.28. The maximum Gasteiger partial charge on any atom is 0.433 e. The third kappa shape index (κ3) is 4.71. The number of methoxy groups -OCH3 is 1. The number of rotatable bonds is 4. The molecule has 1 amide bonds. The number of ether oxygens (including phenoxy) is 1. The minimum atomic E-state index is -4.83. The summed E-state index contributed by atoms with van der Waals surface area (Å²) in [6, 6.07) is 6.89. The van der Waals surface area contributed by atoms with Gasteiger partial charge in [-0.2, -0.15) is 18.3 Å². The lowest BCUT2D eigenvalue weighted by Gasteiger charge is -2.15. The van der Waals surface area contributed by atoms with Crippen LogP contribution in [0.2, 0.25) is 5.02 Å². The second-order valence-corrected chi connectivity index (χ2v) is 8.12. The molecule has 0 aliphatic rings. The summed E-state index contributed by atoms with van der Waals surface area (Å²) in [5, 5.41) is 6.35. The van der Waals surface area contributed by atoms with Crippen LogP contribution in [0.25, 0.3) is 16.7 Å². The maximum atomic E-state index is 14.8. The lowest BCUT2D eigenvalue weighted by atomic mass is 10.1. The summed E-state index contributed by atoms with van der Waals surface area (Å²) < 4.78 is 60.2. The molecule has 4 aromatic rings. The molecule has 0 unspecified atom stereocenters. The summed E-state index contributed by atoms with van der Waals surface area (Å²) in [6.45, 7) is 3.37. The molecule has 36 heavy (non-hydrogen) atoms. The zero-order valence-corrected chi connectivity index (χ0v) is 19.6. The van der Waals surface area contributed by atoms with Gasteiger partial charge < -0.3 is 10.1 Å². The predicted molar refractivity (Wildman–Crippen MR) is 123 cm³/mol. The Morgan fingerprint density at radius 3 is 2.47 bits per heavy atom.